The molecule has 1 amide bonds. The molecule has 2 fully saturated rings. The summed E-state index contributed by atoms with van der Waals surface area (Å²) in [6.45, 7) is 11.0. The van der Waals surface area contributed by atoms with Crippen LogP contribution in [-0.2, 0) is 6.54 Å². The van der Waals surface area contributed by atoms with Crippen molar-refractivity contribution in [3.63, 3.8) is 0 Å². The Hall–Kier alpha value is -2.12. The lowest BCUT2D eigenvalue weighted by atomic mass is 9.97. The first-order valence-corrected chi connectivity index (χ1v) is 12.5. The first-order valence-electron chi connectivity index (χ1n) is 12.5. The van der Waals surface area contributed by atoms with Crippen molar-refractivity contribution in [2.75, 3.05) is 32.7 Å². The molecule has 2 aliphatic rings. The number of amides is 1. The van der Waals surface area contributed by atoms with Crippen LogP contribution in [0.3, 0.4) is 0 Å². The summed E-state index contributed by atoms with van der Waals surface area (Å²) in [6, 6.07) is 6.50. The molecular formula is C25H39N5O2. The summed E-state index contributed by atoms with van der Waals surface area (Å²) in [7, 11) is 0. The monoisotopic (exact) mass is 441 g/mol. The summed E-state index contributed by atoms with van der Waals surface area (Å²) in [5.41, 5.74) is 7.12. The number of para-hydroxylation sites is 1. The van der Waals surface area contributed by atoms with Gasteiger partial charge in [-0.05, 0) is 70.3 Å². The van der Waals surface area contributed by atoms with Gasteiger partial charge in [0.05, 0.1) is 5.52 Å². The van der Waals surface area contributed by atoms with Crippen molar-refractivity contribution in [1.82, 2.24) is 19.4 Å². The van der Waals surface area contributed by atoms with E-state index >= 15 is 0 Å². The van der Waals surface area contributed by atoms with Gasteiger partial charge in [0.2, 0.25) is 0 Å². The Morgan fingerprint density at radius 1 is 1.12 bits per heavy atom. The predicted molar refractivity (Wildman–Crippen MR) is 128 cm³/mol. The molecule has 2 aromatic rings. The van der Waals surface area contributed by atoms with Crippen molar-refractivity contribution in [2.45, 2.75) is 77.3 Å². The number of rotatable bonds is 8. The summed E-state index contributed by atoms with van der Waals surface area (Å²) >= 11 is 0. The lowest BCUT2D eigenvalue weighted by molar-refractivity contribution is 0.138. The summed E-state index contributed by atoms with van der Waals surface area (Å²) in [5.74, 6) is 1.99. The number of piperidine rings is 2. The van der Waals surface area contributed by atoms with Crippen LogP contribution in [0.25, 0.3) is 11.0 Å². The van der Waals surface area contributed by atoms with Crippen LogP contribution in [0, 0.1) is 0 Å². The van der Waals surface area contributed by atoms with Crippen molar-refractivity contribution in [2.24, 2.45) is 5.73 Å². The van der Waals surface area contributed by atoms with Crippen LogP contribution in [0.4, 0.5) is 4.79 Å². The first-order chi connectivity index (χ1) is 15.6. The third-order valence-corrected chi connectivity index (χ3v) is 7.22. The first kappa shape index (κ1) is 23.1. The third kappa shape index (κ3) is 5.09. The predicted octanol–water partition coefficient (Wildman–Crippen LogP) is 4.35. The van der Waals surface area contributed by atoms with Crippen LogP contribution >= 0.6 is 0 Å². The number of carbonyl (C=O) groups excluding carboxylic acids is 1. The largest absolute Gasteiger partial charge is 0.410 e. The lowest BCUT2D eigenvalue weighted by Crippen LogP contribution is -2.41. The number of imidazole rings is 1. The van der Waals surface area contributed by atoms with Gasteiger partial charge in [-0.1, -0.05) is 26.3 Å². The maximum Gasteiger partial charge on any atom is 0.410 e. The van der Waals surface area contributed by atoms with Gasteiger partial charge in [0.15, 0.2) is 5.75 Å². The van der Waals surface area contributed by atoms with Crippen LogP contribution in [-0.4, -0.2) is 64.2 Å². The maximum atomic E-state index is 11.5. The molecule has 2 saturated heterocycles. The zero-order chi connectivity index (χ0) is 22.5. The fourth-order valence-electron chi connectivity index (χ4n) is 5.71. The van der Waals surface area contributed by atoms with Crippen molar-refractivity contribution in [3.05, 3.63) is 24.0 Å². The number of ether oxygens (including phenoxy) is 1. The van der Waals surface area contributed by atoms with Crippen LogP contribution < -0.4 is 10.5 Å². The number of nitrogens with zero attached hydrogens (tertiary/aromatic N) is 4. The Kier molecular flexibility index (Phi) is 7.68. The highest BCUT2D eigenvalue weighted by Gasteiger charge is 2.28. The van der Waals surface area contributed by atoms with E-state index in [-0.39, 0.29) is 0 Å². The smallest absolute Gasteiger partial charge is 0.408 e. The summed E-state index contributed by atoms with van der Waals surface area (Å²) in [5, 5.41) is 0. The van der Waals surface area contributed by atoms with E-state index in [2.05, 4.69) is 34.3 Å². The minimum atomic E-state index is -0.792. The zero-order valence-electron chi connectivity index (χ0n) is 19.8. The van der Waals surface area contributed by atoms with Gasteiger partial charge in [-0.25, -0.2) is 9.78 Å². The number of fused-ring (bicyclic) bond motifs is 1. The molecule has 32 heavy (non-hydrogen) atoms. The zero-order valence-corrected chi connectivity index (χ0v) is 19.8. The molecule has 2 atom stereocenters. The van der Waals surface area contributed by atoms with E-state index in [4.69, 9.17) is 15.5 Å². The van der Waals surface area contributed by atoms with E-state index in [1.165, 1.54) is 51.6 Å². The minimum Gasteiger partial charge on any atom is -0.408 e. The molecule has 176 valence electrons. The van der Waals surface area contributed by atoms with E-state index in [9.17, 15) is 4.79 Å². The average molecular weight is 442 g/mol. The molecular weight excluding hydrogens is 402 g/mol. The van der Waals surface area contributed by atoms with Crippen molar-refractivity contribution >= 4 is 17.1 Å². The summed E-state index contributed by atoms with van der Waals surface area (Å²) in [6.07, 6.45) is 7.88. The Morgan fingerprint density at radius 3 is 2.78 bits per heavy atom. The fraction of sp³-hybridized carbons (Fsp3) is 0.680. The fourth-order valence-corrected chi connectivity index (χ4v) is 5.71. The van der Waals surface area contributed by atoms with Gasteiger partial charge in [0.25, 0.3) is 0 Å². The highest BCUT2D eigenvalue weighted by molar-refractivity contribution is 5.85. The summed E-state index contributed by atoms with van der Waals surface area (Å²) in [4.78, 5) is 21.8. The van der Waals surface area contributed by atoms with Gasteiger partial charge < -0.3 is 19.9 Å². The molecule has 0 saturated carbocycles. The molecule has 0 spiro atoms. The molecule has 3 heterocycles. The Labute approximate surface area is 191 Å². The Bertz CT molecular complexity index is 909. The van der Waals surface area contributed by atoms with E-state index in [1.807, 2.05) is 6.07 Å². The van der Waals surface area contributed by atoms with E-state index < -0.39 is 6.09 Å². The lowest BCUT2D eigenvalue weighted by Gasteiger charge is -2.36. The number of nitrogens with two attached hydrogens (primary N) is 1. The normalized spacial score (nSPS) is 22.9. The molecule has 2 aliphatic heterocycles. The van der Waals surface area contributed by atoms with E-state index in [0.29, 0.717) is 17.7 Å². The van der Waals surface area contributed by atoms with Crippen molar-refractivity contribution in [3.8, 4) is 5.75 Å². The number of primary amides is 1. The van der Waals surface area contributed by atoms with Crippen molar-refractivity contribution < 1.29 is 9.53 Å². The molecule has 1 aromatic carbocycles. The molecule has 0 radical (unpaired) electrons. The van der Waals surface area contributed by atoms with Crippen LogP contribution in [0.2, 0.25) is 0 Å². The van der Waals surface area contributed by atoms with Gasteiger partial charge in [-0.2, -0.15) is 0 Å². The van der Waals surface area contributed by atoms with Crippen LogP contribution in [0.5, 0.6) is 5.75 Å². The average Bonchev–Trinajstić information content (AvgIpc) is 3.17. The number of hydrogen-bond donors (Lipinski definition) is 1. The molecule has 7 nitrogen and oxygen atoms in total. The number of hydrogen-bond acceptors (Lipinski definition) is 5. The number of aromatic nitrogens is 2. The molecule has 4 rings (SSSR count). The molecule has 7 heteroatoms. The Morgan fingerprint density at radius 2 is 2.00 bits per heavy atom. The molecule has 1 aromatic heterocycles. The van der Waals surface area contributed by atoms with Crippen LogP contribution in [0.1, 0.15) is 70.5 Å². The second-order valence-electron chi connectivity index (χ2n) is 9.40. The van der Waals surface area contributed by atoms with Gasteiger partial charge in [0, 0.05) is 31.6 Å². The number of likely N-dealkylation sites (tertiary alicyclic amines) is 2. The molecule has 2 unspecified atom stereocenters. The van der Waals surface area contributed by atoms with E-state index in [0.717, 1.165) is 49.5 Å². The quantitative estimate of drug-likeness (QED) is 0.659. The van der Waals surface area contributed by atoms with E-state index in [1.54, 1.807) is 6.07 Å². The van der Waals surface area contributed by atoms with Gasteiger partial charge in [-0.15, -0.1) is 0 Å². The summed E-state index contributed by atoms with van der Waals surface area (Å²) < 4.78 is 7.71. The molecule has 0 aliphatic carbocycles. The second-order valence-corrected chi connectivity index (χ2v) is 9.40. The number of carbonyl (C=O) groups is 1. The SMILES string of the molecule is CCCN1CCCC(c2nc3c(OC(N)=O)cccc3n2CCN2CCCCC2CC)C1. The van der Waals surface area contributed by atoms with Gasteiger partial charge in [0.1, 0.15) is 11.3 Å². The standard InChI is InChI=1S/C25H39N5O2/c1-3-13-28-14-8-9-19(18-28)24-27-23-21(11-7-12-22(23)32-25(26)31)30(24)17-16-29-15-6-5-10-20(29)4-2/h7,11-12,19-20H,3-6,8-10,13-18H2,1-2H3,(H2,26,31). The second kappa shape index (κ2) is 10.7. The molecule has 2 N–H and O–H groups in total. The minimum absolute atomic E-state index is 0.396. The topological polar surface area (TPSA) is 76.6 Å². The maximum absolute atomic E-state index is 11.5. The third-order valence-electron chi connectivity index (χ3n) is 7.22. The highest BCUT2D eigenvalue weighted by atomic mass is 16.5. The highest BCUT2D eigenvalue weighted by Crippen LogP contribution is 2.33. The van der Waals surface area contributed by atoms with Gasteiger partial charge in [-0.3, -0.25) is 4.90 Å². The van der Waals surface area contributed by atoms with Crippen molar-refractivity contribution in [1.29, 1.82) is 0 Å². The van der Waals surface area contributed by atoms with Crippen LogP contribution in [0.15, 0.2) is 18.2 Å². The number of benzene rings is 1. The van der Waals surface area contributed by atoms with Gasteiger partial charge >= 0.3 is 6.09 Å². The molecule has 0 bridgehead atoms. The Balaban J connectivity index is 1.66.